The average Bonchev–Trinajstić information content (AvgIpc) is 3.02. The van der Waals surface area contributed by atoms with E-state index in [1.807, 2.05) is 38.2 Å². The van der Waals surface area contributed by atoms with Crippen LogP contribution in [0.5, 0.6) is 0 Å². The minimum Gasteiger partial charge on any atom is -0.357 e. The van der Waals surface area contributed by atoms with Crippen LogP contribution in [0.1, 0.15) is 18.2 Å². The van der Waals surface area contributed by atoms with Gasteiger partial charge < -0.3 is 20.1 Å². The molecule has 0 bridgehead atoms. The van der Waals surface area contributed by atoms with Gasteiger partial charge in [0.05, 0.1) is 19.5 Å². The number of nitrogens with zero attached hydrogens (tertiary/aromatic N) is 3. The lowest BCUT2D eigenvalue weighted by Gasteiger charge is -2.22. The van der Waals surface area contributed by atoms with Gasteiger partial charge in [0.2, 0.25) is 5.91 Å². The molecule has 2 rings (SSSR count). The number of rotatable bonds is 8. The summed E-state index contributed by atoms with van der Waals surface area (Å²) in [6, 6.07) is 10.2. The molecule has 0 saturated heterocycles. The Hall–Kier alpha value is -2.83. The van der Waals surface area contributed by atoms with Gasteiger partial charge in [0.1, 0.15) is 5.82 Å². The lowest BCUT2D eigenvalue weighted by atomic mass is 10.1. The van der Waals surface area contributed by atoms with Gasteiger partial charge in [0, 0.05) is 39.1 Å². The third kappa shape index (κ3) is 6.77. The average molecular weight is 373 g/mol. The van der Waals surface area contributed by atoms with Crippen molar-refractivity contribution in [1.82, 2.24) is 20.1 Å². The van der Waals surface area contributed by atoms with E-state index < -0.39 is 0 Å². The number of aromatic nitrogens is 1. The van der Waals surface area contributed by atoms with Crippen LogP contribution in [0.15, 0.2) is 47.6 Å². The standard InChI is InChI=1S/C20H28FN5O/c1-4-22-20(26(3)15-18-9-6-12-25(18)2)24-11-10-23-19(27)14-16-7-5-8-17(21)13-16/h5-9,12-13H,4,10-11,14-15H2,1-3H3,(H,22,24)(H,23,27). The van der Waals surface area contributed by atoms with E-state index in [0.29, 0.717) is 18.7 Å². The van der Waals surface area contributed by atoms with E-state index in [2.05, 4.69) is 26.3 Å². The Kier molecular flexibility index (Phi) is 7.85. The topological polar surface area (TPSA) is 61.7 Å². The van der Waals surface area contributed by atoms with Crippen LogP contribution < -0.4 is 10.6 Å². The fourth-order valence-electron chi connectivity index (χ4n) is 2.70. The predicted molar refractivity (Wildman–Crippen MR) is 106 cm³/mol. The third-order valence-corrected chi connectivity index (χ3v) is 4.10. The first kappa shape index (κ1) is 20.5. The van der Waals surface area contributed by atoms with Crippen molar-refractivity contribution in [3.8, 4) is 0 Å². The number of hydrogen-bond acceptors (Lipinski definition) is 2. The van der Waals surface area contributed by atoms with Gasteiger partial charge in [0.25, 0.3) is 0 Å². The van der Waals surface area contributed by atoms with Crippen molar-refractivity contribution >= 4 is 11.9 Å². The molecule has 27 heavy (non-hydrogen) atoms. The molecule has 1 amide bonds. The lowest BCUT2D eigenvalue weighted by molar-refractivity contribution is -0.120. The van der Waals surface area contributed by atoms with Gasteiger partial charge in [-0.25, -0.2) is 4.39 Å². The minimum atomic E-state index is -0.332. The second kappa shape index (κ2) is 10.4. The molecule has 7 heteroatoms. The smallest absolute Gasteiger partial charge is 0.224 e. The second-order valence-electron chi connectivity index (χ2n) is 6.36. The molecule has 2 aromatic rings. The van der Waals surface area contributed by atoms with E-state index in [9.17, 15) is 9.18 Å². The molecule has 0 atom stereocenters. The van der Waals surface area contributed by atoms with Crippen LogP contribution in [0.4, 0.5) is 4.39 Å². The van der Waals surface area contributed by atoms with E-state index in [1.165, 1.54) is 17.8 Å². The van der Waals surface area contributed by atoms with Gasteiger partial charge in [-0.3, -0.25) is 9.79 Å². The van der Waals surface area contributed by atoms with Crippen molar-refractivity contribution in [3.63, 3.8) is 0 Å². The maximum Gasteiger partial charge on any atom is 0.224 e. The molecule has 0 saturated carbocycles. The van der Waals surface area contributed by atoms with Crippen molar-refractivity contribution in [1.29, 1.82) is 0 Å². The first-order valence-electron chi connectivity index (χ1n) is 9.10. The summed E-state index contributed by atoms with van der Waals surface area (Å²) < 4.78 is 15.2. The summed E-state index contributed by atoms with van der Waals surface area (Å²) in [6.07, 6.45) is 2.18. The molecule has 0 aliphatic heterocycles. The summed E-state index contributed by atoms with van der Waals surface area (Å²) in [5.41, 5.74) is 1.85. The first-order valence-corrected chi connectivity index (χ1v) is 9.10. The summed E-state index contributed by atoms with van der Waals surface area (Å²) >= 11 is 0. The van der Waals surface area contributed by atoms with Crippen LogP contribution in [-0.4, -0.2) is 48.0 Å². The third-order valence-electron chi connectivity index (χ3n) is 4.10. The molecular weight excluding hydrogens is 345 g/mol. The number of aliphatic imine (C=N–C) groups is 1. The highest BCUT2D eigenvalue weighted by molar-refractivity contribution is 5.80. The molecule has 1 aromatic heterocycles. The van der Waals surface area contributed by atoms with Gasteiger partial charge in [-0.2, -0.15) is 0 Å². The van der Waals surface area contributed by atoms with Gasteiger partial charge >= 0.3 is 0 Å². The Balaban J connectivity index is 1.81. The molecular formula is C20H28FN5O. The fourth-order valence-corrected chi connectivity index (χ4v) is 2.70. The number of benzene rings is 1. The minimum absolute atomic E-state index is 0.141. The molecule has 6 nitrogen and oxygen atoms in total. The maximum absolute atomic E-state index is 13.2. The number of guanidine groups is 1. The number of hydrogen-bond donors (Lipinski definition) is 2. The molecule has 0 aliphatic rings. The predicted octanol–water partition coefficient (Wildman–Crippen LogP) is 1.92. The van der Waals surface area contributed by atoms with Crippen LogP contribution in [0.25, 0.3) is 0 Å². The Labute approximate surface area is 160 Å². The second-order valence-corrected chi connectivity index (χ2v) is 6.36. The van der Waals surface area contributed by atoms with Gasteiger partial charge in [-0.1, -0.05) is 12.1 Å². The van der Waals surface area contributed by atoms with Crippen molar-refractivity contribution in [2.45, 2.75) is 19.9 Å². The Morgan fingerprint density at radius 2 is 2.07 bits per heavy atom. The number of nitrogens with one attached hydrogen (secondary N) is 2. The van der Waals surface area contributed by atoms with E-state index >= 15 is 0 Å². The van der Waals surface area contributed by atoms with Crippen LogP contribution >= 0.6 is 0 Å². The largest absolute Gasteiger partial charge is 0.357 e. The zero-order chi connectivity index (χ0) is 19.6. The Bertz CT molecular complexity index is 771. The molecule has 1 aromatic carbocycles. The number of halogens is 1. The van der Waals surface area contributed by atoms with Gasteiger partial charge in [0.15, 0.2) is 5.96 Å². The summed E-state index contributed by atoms with van der Waals surface area (Å²) in [5.74, 6) is 0.317. The molecule has 0 aliphatic carbocycles. The summed E-state index contributed by atoms with van der Waals surface area (Å²) in [6.45, 7) is 4.42. The molecule has 146 valence electrons. The Morgan fingerprint density at radius 3 is 2.74 bits per heavy atom. The van der Waals surface area contributed by atoms with Crippen molar-refractivity contribution in [2.75, 3.05) is 26.7 Å². The summed E-state index contributed by atoms with van der Waals surface area (Å²) in [7, 11) is 4.00. The molecule has 0 spiro atoms. The quantitative estimate of drug-likeness (QED) is 0.422. The fraction of sp³-hybridized carbons (Fsp3) is 0.400. The molecule has 0 unspecified atom stereocenters. The van der Waals surface area contributed by atoms with E-state index in [1.54, 1.807) is 12.1 Å². The van der Waals surface area contributed by atoms with E-state index in [-0.39, 0.29) is 18.1 Å². The summed E-state index contributed by atoms with van der Waals surface area (Å²) in [4.78, 5) is 18.6. The number of carbonyl (C=O) groups is 1. The van der Waals surface area contributed by atoms with Crippen LogP contribution in [-0.2, 0) is 24.8 Å². The molecule has 2 N–H and O–H groups in total. The van der Waals surface area contributed by atoms with Gasteiger partial charge in [-0.15, -0.1) is 0 Å². The number of aryl methyl sites for hydroxylation is 1. The monoisotopic (exact) mass is 373 g/mol. The number of carbonyl (C=O) groups excluding carboxylic acids is 1. The number of amides is 1. The van der Waals surface area contributed by atoms with Crippen LogP contribution in [0.2, 0.25) is 0 Å². The highest BCUT2D eigenvalue weighted by atomic mass is 19.1. The molecule has 1 heterocycles. The van der Waals surface area contributed by atoms with Crippen molar-refractivity contribution in [2.24, 2.45) is 12.0 Å². The lowest BCUT2D eigenvalue weighted by Crippen LogP contribution is -2.39. The zero-order valence-corrected chi connectivity index (χ0v) is 16.2. The SMILES string of the molecule is CCNC(=NCCNC(=O)Cc1cccc(F)c1)N(C)Cc1cccn1C. The van der Waals surface area contributed by atoms with E-state index in [0.717, 1.165) is 19.0 Å². The maximum atomic E-state index is 13.2. The van der Waals surface area contributed by atoms with Crippen molar-refractivity contribution in [3.05, 3.63) is 59.7 Å². The molecule has 0 radical (unpaired) electrons. The van der Waals surface area contributed by atoms with Crippen LogP contribution in [0, 0.1) is 5.82 Å². The zero-order valence-electron chi connectivity index (χ0n) is 16.2. The van der Waals surface area contributed by atoms with Crippen LogP contribution in [0.3, 0.4) is 0 Å². The highest BCUT2D eigenvalue weighted by Gasteiger charge is 2.08. The Morgan fingerprint density at radius 1 is 1.26 bits per heavy atom. The highest BCUT2D eigenvalue weighted by Crippen LogP contribution is 2.05. The normalized spacial score (nSPS) is 11.3. The van der Waals surface area contributed by atoms with E-state index in [4.69, 9.17) is 0 Å². The first-order chi connectivity index (χ1) is 13.0. The van der Waals surface area contributed by atoms with Crippen molar-refractivity contribution < 1.29 is 9.18 Å². The van der Waals surface area contributed by atoms with Gasteiger partial charge in [-0.05, 0) is 36.8 Å². The molecule has 0 fully saturated rings. The summed E-state index contributed by atoms with van der Waals surface area (Å²) in [5, 5.41) is 6.08.